The molecule has 0 amide bonds. The van der Waals surface area contributed by atoms with Crippen molar-refractivity contribution in [3.63, 3.8) is 0 Å². The predicted octanol–water partition coefficient (Wildman–Crippen LogP) is 4.07. The maximum Gasteiger partial charge on any atom is 0.202 e. The maximum absolute atomic E-state index is 12.6. The van der Waals surface area contributed by atoms with Crippen molar-refractivity contribution in [2.45, 2.75) is 39.3 Å². The van der Waals surface area contributed by atoms with Crippen LogP contribution in [-0.2, 0) is 11.3 Å². The summed E-state index contributed by atoms with van der Waals surface area (Å²) in [7, 11) is 0. The Morgan fingerprint density at radius 3 is 2.88 bits per heavy atom. The number of carbonyl (C=O) groups excluding carboxylic acids is 1. The second kappa shape index (κ2) is 7.94. The third kappa shape index (κ3) is 3.92. The number of ketones is 1. The molecule has 2 aromatic rings. The van der Waals surface area contributed by atoms with Crippen LogP contribution in [0.3, 0.4) is 0 Å². The van der Waals surface area contributed by atoms with Gasteiger partial charge in [-0.05, 0) is 51.0 Å². The van der Waals surface area contributed by atoms with Crippen molar-refractivity contribution in [1.29, 1.82) is 5.26 Å². The molecular formula is C20H21ClN2O3. The lowest BCUT2D eigenvalue weighted by molar-refractivity contribution is 0.0914. The number of nitriles is 1. The maximum atomic E-state index is 12.6. The summed E-state index contributed by atoms with van der Waals surface area (Å²) in [6.07, 6.45) is 2.37. The molecule has 136 valence electrons. The fraction of sp³-hybridized carbons (Fsp3) is 0.400. The Morgan fingerprint density at radius 2 is 2.23 bits per heavy atom. The van der Waals surface area contributed by atoms with Gasteiger partial charge in [-0.2, -0.15) is 5.26 Å². The smallest absolute Gasteiger partial charge is 0.202 e. The molecule has 1 saturated heterocycles. The van der Waals surface area contributed by atoms with E-state index in [1.54, 1.807) is 12.1 Å². The summed E-state index contributed by atoms with van der Waals surface area (Å²) in [5.41, 5.74) is 3.08. The molecule has 1 aliphatic heterocycles. The lowest BCUT2D eigenvalue weighted by atomic mass is 10.1. The van der Waals surface area contributed by atoms with Crippen molar-refractivity contribution in [1.82, 2.24) is 4.57 Å². The first-order chi connectivity index (χ1) is 12.5. The summed E-state index contributed by atoms with van der Waals surface area (Å²) in [4.78, 5) is 12.6. The van der Waals surface area contributed by atoms with E-state index in [4.69, 9.17) is 26.3 Å². The highest BCUT2D eigenvalue weighted by molar-refractivity contribution is 6.32. The second-order valence-electron chi connectivity index (χ2n) is 6.50. The van der Waals surface area contributed by atoms with Crippen molar-refractivity contribution >= 4 is 17.4 Å². The summed E-state index contributed by atoms with van der Waals surface area (Å²) in [5.74, 6) is 0.296. The molecule has 1 aliphatic rings. The van der Waals surface area contributed by atoms with E-state index < -0.39 is 0 Å². The highest BCUT2D eigenvalue weighted by atomic mass is 35.5. The topological polar surface area (TPSA) is 64.2 Å². The van der Waals surface area contributed by atoms with Crippen molar-refractivity contribution in [3.05, 3.63) is 51.8 Å². The average molecular weight is 373 g/mol. The fourth-order valence-corrected chi connectivity index (χ4v) is 3.50. The first kappa shape index (κ1) is 18.5. The van der Waals surface area contributed by atoms with E-state index in [2.05, 4.69) is 4.57 Å². The van der Waals surface area contributed by atoms with E-state index in [0.29, 0.717) is 21.9 Å². The molecule has 2 heterocycles. The van der Waals surface area contributed by atoms with Crippen molar-refractivity contribution < 1.29 is 14.3 Å². The SMILES string of the molecule is Cc1cc(C(=O)COc2ccc(C#N)cc2Cl)c(C)n1C[C@@H]1CCCO1. The number of rotatable bonds is 6. The molecule has 1 aromatic carbocycles. The van der Waals surface area contributed by atoms with Gasteiger partial charge in [-0.15, -0.1) is 0 Å². The molecule has 0 radical (unpaired) electrons. The van der Waals surface area contributed by atoms with Crippen molar-refractivity contribution in [2.24, 2.45) is 0 Å². The third-order valence-electron chi connectivity index (χ3n) is 4.70. The molecule has 0 unspecified atom stereocenters. The number of carbonyl (C=O) groups is 1. The summed E-state index contributed by atoms with van der Waals surface area (Å²) in [6, 6.07) is 8.65. The summed E-state index contributed by atoms with van der Waals surface area (Å²) in [5, 5.41) is 9.19. The Hall–Kier alpha value is -2.29. The number of halogens is 1. The highest BCUT2D eigenvalue weighted by Crippen LogP contribution is 2.26. The van der Waals surface area contributed by atoms with E-state index in [0.717, 1.165) is 37.4 Å². The lowest BCUT2D eigenvalue weighted by Gasteiger charge is -2.15. The van der Waals surface area contributed by atoms with Gasteiger partial charge in [0.2, 0.25) is 5.78 Å². The number of ether oxygens (including phenoxy) is 2. The molecule has 0 spiro atoms. The van der Waals surface area contributed by atoms with E-state index in [1.165, 1.54) is 6.07 Å². The molecular weight excluding hydrogens is 352 g/mol. The standard InChI is InChI=1S/C20H21ClN2O3/c1-13-8-17(14(2)23(13)11-16-4-3-7-25-16)19(24)12-26-20-6-5-15(10-22)9-18(20)21/h5-6,8-9,16H,3-4,7,11-12H2,1-2H3/t16-/m0/s1. The van der Waals surface area contributed by atoms with Gasteiger partial charge < -0.3 is 14.0 Å². The van der Waals surface area contributed by atoms with Crippen LogP contribution in [0.25, 0.3) is 0 Å². The first-order valence-corrected chi connectivity index (χ1v) is 9.01. The van der Waals surface area contributed by atoms with Crippen LogP contribution in [0.2, 0.25) is 5.02 Å². The minimum Gasteiger partial charge on any atom is -0.484 e. The summed E-state index contributed by atoms with van der Waals surface area (Å²) < 4.78 is 13.4. The van der Waals surface area contributed by atoms with Crippen LogP contribution in [0.4, 0.5) is 0 Å². The zero-order valence-corrected chi connectivity index (χ0v) is 15.7. The fourth-order valence-electron chi connectivity index (χ4n) is 3.26. The van der Waals surface area contributed by atoms with Gasteiger partial charge >= 0.3 is 0 Å². The lowest BCUT2D eigenvalue weighted by Crippen LogP contribution is -2.18. The van der Waals surface area contributed by atoms with E-state index in [-0.39, 0.29) is 18.5 Å². The van der Waals surface area contributed by atoms with Gasteiger partial charge in [0, 0.05) is 30.1 Å². The van der Waals surface area contributed by atoms with E-state index in [9.17, 15) is 4.79 Å². The van der Waals surface area contributed by atoms with Crippen molar-refractivity contribution in [3.8, 4) is 11.8 Å². The number of Topliss-reactive ketones (excluding diaryl/α,β-unsaturated/α-hetero) is 1. The number of aromatic nitrogens is 1. The van der Waals surface area contributed by atoms with Gasteiger partial charge in [-0.1, -0.05) is 11.6 Å². The van der Waals surface area contributed by atoms with Crippen LogP contribution in [0.5, 0.6) is 5.75 Å². The Bertz CT molecular complexity index is 861. The van der Waals surface area contributed by atoms with Crippen LogP contribution in [0.1, 0.15) is 40.2 Å². The summed E-state index contributed by atoms with van der Waals surface area (Å²) in [6.45, 7) is 5.43. The zero-order chi connectivity index (χ0) is 18.7. The van der Waals surface area contributed by atoms with Crippen LogP contribution in [-0.4, -0.2) is 29.7 Å². The van der Waals surface area contributed by atoms with Gasteiger partial charge in [0.25, 0.3) is 0 Å². The van der Waals surface area contributed by atoms with Crippen LogP contribution >= 0.6 is 11.6 Å². The molecule has 5 nitrogen and oxygen atoms in total. The zero-order valence-electron chi connectivity index (χ0n) is 14.9. The van der Waals surface area contributed by atoms with E-state index >= 15 is 0 Å². The quantitative estimate of drug-likeness (QED) is 0.717. The molecule has 0 saturated carbocycles. The number of nitrogens with zero attached hydrogens (tertiary/aromatic N) is 2. The molecule has 3 rings (SSSR count). The molecule has 1 fully saturated rings. The van der Waals surface area contributed by atoms with Crippen molar-refractivity contribution in [2.75, 3.05) is 13.2 Å². The Balaban J connectivity index is 1.69. The Kier molecular flexibility index (Phi) is 5.65. The summed E-state index contributed by atoms with van der Waals surface area (Å²) >= 11 is 6.09. The predicted molar refractivity (Wildman–Crippen MR) is 98.9 cm³/mol. The number of benzene rings is 1. The van der Waals surface area contributed by atoms with Gasteiger partial charge in [0.1, 0.15) is 5.75 Å². The molecule has 6 heteroatoms. The van der Waals surface area contributed by atoms with Gasteiger partial charge in [0.05, 0.1) is 22.8 Å². The molecule has 0 N–H and O–H groups in total. The van der Waals surface area contributed by atoms with E-state index in [1.807, 2.05) is 26.0 Å². The normalized spacial score (nSPS) is 16.5. The van der Waals surface area contributed by atoms with Crippen LogP contribution in [0, 0.1) is 25.2 Å². The number of aryl methyl sites for hydroxylation is 1. The first-order valence-electron chi connectivity index (χ1n) is 8.63. The van der Waals surface area contributed by atoms with Gasteiger partial charge in [-0.3, -0.25) is 4.79 Å². The molecule has 0 bridgehead atoms. The average Bonchev–Trinajstić information content (AvgIpc) is 3.24. The molecule has 1 atom stereocenters. The van der Waals surface area contributed by atoms with Gasteiger partial charge in [0.15, 0.2) is 6.61 Å². The second-order valence-corrected chi connectivity index (χ2v) is 6.91. The van der Waals surface area contributed by atoms with Gasteiger partial charge in [-0.25, -0.2) is 0 Å². The largest absolute Gasteiger partial charge is 0.484 e. The van der Waals surface area contributed by atoms with Crippen LogP contribution in [0.15, 0.2) is 24.3 Å². The Morgan fingerprint density at radius 1 is 1.42 bits per heavy atom. The minimum atomic E-state index is -0.101. The number of hydrogen-bond donors (Lipinski definition) is 0. The van der Waals surface area contributed by atoms with Crippen LogP contribution < -0.4 is 4.74 Å². The minimum absolute atomic E-state index is 0.0999. The number of hydrogen-bond acceptors (Lipinski definition) is 4. The third-order valence-corrected chi connectivity index (χ3v) is 5.00. The molecule has 26 heavy (non-hydrogen) atoms. The Labute approximate surface area is 158 Å². The monoisotopic (exact) mass is 372 g/mol. The molecule has 0 aliphatic carbocycles. The molecule has 1 aromatic heterocycles. The highest BCUT2D eigenvalue weighted by Gasteiger charge is 2.21.